The van der Waals surface area contributed by atoms with Crippen LogP contribution in [0.2, 0.25) is 0 Å². The molecule has 37 heavy (non-hydrogen) atoms. The number of ether oxygens (including phenoxy) is 1. The van der Waals surface area contributed by atoms with Gasteiger partial charge in [0.05, 0.1) is 20.1 Å². The van der Waals surface area contributed by atoms with E-state index in [0.717, 1.165) is 22.7 Å². The number of hydrogen-bond acceptors (Lipinski definition) is 4. The van der Waals surface area contributed by atoms with Crippen molar-refractivity contribution < 1.29 is 19.1 Å². The molecule has 2 aliphatic heterocycles. The average molecular weight is 516 g/mol. The summed E-state index contributed by atoms with van der Waals surface area (Å²) in [5, 5.41) is 11.9. The van der Waals surface area contributed by atoms with E-state index >= 15 is 0 Å². The van der Waals surface area contributed by atoms with Crippen molar-refractivity contribution in [3.63, 3.8) is 0 Å². The van der Waals surface area contributed by atoms with Crippen LogP contribution in [-0.2, 0) is 9.53 Å². The quantitative estimate of drug-likeness (QED) is 0.404. The van der Waals surface area contributed by atoms with Crippen LogP contribution in [0, 0.1) is 34.5 Å². The Hall–Kier alpha value is -0.650. The molecule has 1 N–H and O–H groups in total. The fourth-order valence-corrected chi connectivity index (χ4v) is 11.4. The highest BCUT2D eigenvalue weighted by molar-refractivity contribution is 5.66. The van der Waals surface area contributed by atoms with Gasteiger partial charge in [0.2, 0.25) is 0 Å². The Labute approximate surface area is 226 Å². The van der Waals surface area contributed by atoms with Crippen LogP contribution in [0.4, 0.5) is 0 Å². The second-order valence-electron chi connectivity index (χ2n) is 15.2. The Morgan fingerprint density at radius 1 is 0.919 bits per heavy atom. The lowest BCUT2D eigenvalue weighted by Crippen LogP contribution is -2.61. The summed E-state index contributed by atoms with van der Waals surface area (Å²) in [5.41, 5.74) is 0.421. The van der Waals surface area contributed by atoms with E-state index in [2.05, 4.69) is 25.8 Å². The second-order valence-corrected chi connectivity index (χ2v) is 15.2. The maximum absolute atomic E-state index is 12.1. The summed E-state index contributed by atoms with van der Waals surface area (Å²) < 4.78 is 7.18. The van der Waals surface area contributed by atoms with Crippen molar-refractivity contribution >= 4 is 5.97 Å². The number of hydrogen-bond donors (Lipinski definition) is 1. The van der Waals surface area contributed by atoms with Crippen LogP contribution in [0.15, 0.2) is 0 Å². The molecule has 2 saturated heterocycles. The smallest absolute Gasteiger partial charge is 0.302 e. The van der Waals surface area contributed by atoms with Gasteiger partial charge in [0.1, 0.15) is 18.2 Å². The van der Waals surface area contributed by atoms with Crippen LogP contribution in [0.25, 0.3) is 0 Å². The van der Waals surface area contributed by atoms with E-state index in [1.165, 1.54) is 103 Å². The van der Waals surface area contributed by atoms with E-state index in [1.54, 1.807) is 6.92 Å². The topological polar surface area (TPSA) is 49.8 Å². The summed E-state index contributed by atoms with van der Waals surface area (Å²) in [7, 11) is 2.46. The molecular weight excluding hydrogens is 460 g/mol. The number of aliphatic hydroxyl groups is 1. The number of aliphatic hydroxyl groups excluding tert-OH is 1. The zero-order valence-corrected chi connectivity index (χ0v) is 24.3. The van der Waals surface area contributed by atoms with Gasteiger partial charge in [-0.2, -0.15) is 0 Å². The molecule has 5 heteroatoms. The van der Waals surface area contributed by atoms with Gasteiger partial charge in [-0.3, -0.25) is 9.69 Å². The first kappa shape index (κ1) is 26.6. The van der Waals surface area contributed by atoms with E-state index in [9.17, 15) is 9.90 Å². The normalized spacial score (nSPS) is 50.0. The fourth-order valence-electron chi connectivity index (χ4n) is 11.4. The standard InChI is InChI=1S/C32H55N2O3/c1-22(35)37-29-19-23-11-12-24-25(32(23,3)21-27(29)33-15-7-5-8-16-33)13-14-31(2)26(24)20-28(30(31)36)34(4)17-9-6-10-18-34/h23-30,36H,5-21H2,1-4H3/q+1/t23-,24?,25?,26?,27-,28-,29-,30+,31-,32-/m0/s1. The van der Waals surface area contributed by atoms with Crippen LogP contribution in [0.1, 0.15) is 104 Å². The third-order valence-corrected chi connectivity index (χ3v) is 13.4. The highest BCUT2D eigenvalue weighted by Crippen LogP contribution is 2.67. The van der Waals surface area contributed by atoms with Gasteiger partial charge in [-0.15, -0.1) is 0 Å². The maximum atomic E-state index is 12.1. The molecule has 4 saturated carbocycles. The highest BCUT2D eigenvalue weighted by atomic mass is 16.5. The third kappa shape index (κ3) is 4.32. The van der Waals surface area contributed by atoms with Crippen LogP contribution in [0.3, 0.4) is 0 Å². The molecule has 10 atom stereocenters. The molecule has 6 aliphatic rings. The summed E-state index contributed by atoms with van der Waals surface area (Å²) in [4.78, 5) is 14.8. The molecule has 2 heterocycles. The molecule has 0 aromatic rings. The molecule has 0 spiro atoms. The predicted molar refractivity (Wildman–Crippen MR) is 147 cm³/mol. The van der Waals surface area contributed by atoms with Crippen LogP contribution in [-0.4, -0.2) is 78.0 Å². The van der Waals surface area contributed by atoms with Gasteiger partial charge in [0.25, 0.3) is 0 Å². The van der Waals surface area contributed by atoms with Crippen LogP contribution < -0.4 is 0 Å². The summed E-state index contributed by atoms with van der Waals surface area (Å²) in [5.74, 6) is 2.74. The van der Waals surface area contributed by atoms with Gasteiger partial charge in [-0.1, -0.05) is 20.3 Å². The molecular formula is C32H55N2O3+. The van der Waals surface area contributed by atoms with E-state index in [-0.39, 0.29) is 23.6 Å². The lowest BCUT2D eigenvalue weighted by atomic mass is 9.44. The van der Waals surface area contributed by atoms with Crippen molar-refractivity contribution in [3.8, 4) is 0 Å². The summed E-state index contributed by atoms with van der Waals surface area (Å²) in [6.07, 6.45) is 16.4. The number of likely N-dealkylation sites (tertiary alicyclic amines) is 2. The molecule has 6 rings (SSSR count). The fraction of sp³-hybridized carbons (Fsp3) is 0.969. The first-order chi connectivity index (χ1) is 17.7. The Bertz CT molecular complexity index is 851. The van der Waals surface area contributed by atoms with E-state index in [4.69, 9.17) is 4.74 Å². The van der Waals surface area contributed by atoms with Crippen molar-refractivity contribution in [2.45, 2.75) is 129 Å². The molecule has 5 nitrogen and oxygen atoms in total. The number of fused-ring (bicyclic) bond motifs is 5. The number of likely N-dealkylation sites (N-methyl/N-ethyl adjacent to an activating group) is 1. The maximum Gasteiger partial charge on any atom is 0.302 e. The Kier molecular flexibility index (Phi) is 7.01. The van der Waals surface area contributed by atoms with E-state index < -0.39 is 0 Å². The molecule has 0 radical (unpaired) electrons. The number of quaternary nitrogens is 1. The van der Waals surface area contributed by atoms with Gasteiger partial charge >= 0.3 is 5.97 Å². The summed E-state index contributed by atoms with van der Waals surface area (Å²) in [6, 6.07) is 0.817. The third-order valence-electron chi connectivity index (χ3n) is 13.4. The predicted octanol–water partition coefficient (Wildman–Crippen LogP) is 5.40. The van der Waals surface area contributed by atoms with Crippen molar-refractivity contribution in [1.82, 2.24) is 4.90 Å². The van der Waals surface area contributed by atoms with Gasteiger partial charge in [-0.25, -0.2) is 0 Å². The molecule has 3 unspecified atom stereocenters. The molecule has 0 aromatic heterocycles. The number of carbonyl (C=O) groups excluding carboxylic acids is 1. The van der Waals surface area contributed by atoms with Gasteiger partial charge in [0.15, 0.2) is 0 Å². The Morgan fingerprint density at radius 3 is 2.32 bits per heavy atom. The molecule has 0 aromatic carbocycles. The van der Waals surface area contributed by atoms with E-state index in [1.807, 2.05) is 0 Å². The van der Waals surface area contributed by atoms with Crippen LogP contribution in [0.5, 0.6) is 0 Å². The summed E-state index contributed by atoms with van der Waals surface area (Å²) >= 11 is 0. The first-order valence-corrected chi connectivity index (χ1v) is 16.1. The average Bonchev–Trinajstić information content (AvgIpc) is 3.16. The zero-order chi connectivity index (χ0) is 26.0. The van der Waals surface area contributed by atoms with Crippen molar-refractivity contribution in [2.75, 3.05) is 33.2 Å². The Balaban J connectivity index is 1.26. The van der Waals surface area contributed by atoms with E-state index in [0.29, 0.717) is 29.3 Å². The zero-order valence-electron chi connectivity index (χ0n) is 24.3. The largest absolute Gasteiger partial charge is 0.461 e. The SMILES string of the molecule is CC(=O)O[C@H]1C[C@@H]2CCC3C4C[C@H]([N+]5(C)CCCCC5)[C@@H](O)[C@@]4(C)CCC3[C@@]2(C)C[C@@H]1N1CCCCC1. The number of nitrogens with zero attached hydrogens (tertiary/aromatic N) is 2. The second kappa shape index (κ2) is 9.77. The molecule has 4 aliphatic carbocycles. The lowest BCUT2D eigenvalue weighted by Gasteiger charge is -2.62. The molecule has 0 bridgehead atoms. The monoisotopic (exact) mass is 515 g/mol. The van der Waals surface area contributed by atoms with Gasteiger partial charge < -0.3 is 14.3 Å². The molecule has 210 valence electrons. The van der Waals surface area contributed by atoms with Gasteiger partial charge in [0, 0.05) is 24.8 Å². The highest BCUT2D eigenvalue weighted by Gasteiger charge is 2.66. The minimum atomic E-state index is -0.145. The lowest BCUT2D eigenvalue weighted by molar-refractivity contribution is -0.940. The van der Waals surface area contributed by atoms with Crippen molar-refractivity contribution in [3.05, 3.63) is 0 Å². The van der Waals surface area contributed by atoms with Gasteiger partial charge in [-0.05, 0) is 113 Å². The number of rotatable bonds is 3. The summed E-state index contributed by atoms with van der Waals surface area (Å²) in [6.45, 7) is 11.6. The number of carbonyl (C=O) groups is 1. The first-order valence-electron chi connectivity index (χ1n) is 16.1. The minimum Gasteiger partial charge on any atom is -0.461 e. The van der Waals surface area contributed by atoms with Crippen molar-refractivity contribution in [2.24, 2.45) is 34.5 Å². The molecule has 0 amide bonds. The minimum absolute atomic E-state index is 0.0697. The number of esters is 1. The van der Waals surface area contributed by atoms with Crippen molar-refractivity contribution in [1.29, 1.82) is 0 Å². The molecule has 6 fully saturated rings. The Morgan fingerprint density at radius 2 is 1.62 bits per heavy atom. The van der Waals surface area contributed by atoms with Crippen LogP contribution >= 0.6 is 0 Å². The number of piperidine rings is 2.